The van der Waals surface area contributed by atoms with Crippen molar-refractivity contribution in [1.29, 1.82) is 0 Å². The first-order valence-electron chi connectivity index (χ1n) is 6.57. The number of carbonyl (C=O) groups is 1. The van der Waals surface area contributed by atoms with Crippen molar-refractivity contribution in [2.24, 2.45) is 7.05 Å². The summed E-state index contributed by atoms with van der Waals surface area (Å²) in [5.74, 6) is -0.545. The molecule has 1 aromatic carbocycles. The van der Waals surface area contributed by atoms with Crippen LogP contribution in [0.3, 0.4) is 0 Å². The van der Waals surface area contributed by atoms with Crippen LogP contribution in [0.15, 0.2) is 30.5 Å². The fourth-order valence-corrected chi connectivity index (χ4v) is 2.19. The number of carboxylic acid groups (broad SMARTS) is 1. The van der Waals surface area contributed by atoms with Gasteiger partial charge in [-0.1, -0.05) is 32.0 Å². The average molecular weight is 273 g/mol. The number of hydrogen-bond donors (Lipinski definition) is 2. The normalized spacial score (nSPS) is 10.8. The van der Waals surface area contributed by atoms with Gasteiger partial charge >= 0.3 is 5.97 Å². The maximum Gasteiger partial charge on any atom is 0.339 e. The van der Waals surface area contributed by atoms with E-state index in [2.05, 4.69) is 30.3 Å². The fourth-order valence-electron chi connectivity index (χ4n) is 2.19. The van der Waals surface area contributed by atoms with E-state index in [4.69, 9.17) is 5.11 Å². The number of aromatic carboxylic acids is 1. The second-order valence-corrected chi connectivity index (χ2v) is 5.03. The van der Waals surface area contributed by atoms with Crippen LogP contribution in [0.4, 0.5) is 5.69 Å². The summed E-state index contributed by atoms with van der Waals surface area (Å²) >= 11 is 0. The summed E-state index contributed by atoms with van der Waals surface area (Å²) < 4.78 is 1.59. The van der Waals surface area contributed by atoms with Crippen molar-refractivity contribution in [2.45, 2.75) is 26.3 Å². The molecular weight excluding hydrogens is 254 g/mol. The van der Waals surface area contributed by atoms with Crippen molar-refractivity contribution in [1.82, 2.24) is 9.78 Å². The van der Waals surface area contributed by atoms with Crippen molar-refractivity contribution in [3.63, 3.8) is 0 Å². The minimum atomic E-state index is -0.952. The maximum atomic E-state index is 11.1. The average Bonchev–Trinajstić information content (AvgIpc) is 2.78. The van der Waals surface area contributed by atoms with Crippen molar-refractivity contribution < 1.29 is 9.90 Å². The van der Waals surface area contributed by atoms with Crippen LogP contribution in [-0.2, 0) is 13.6 Å². The third-order valence-corrected chi connectivity index (χ3v) is 3.32. The van der Waals surface area contributed by atoms with Crippen molar-refractivity contribution in [3.8, 4) is 0 Å². The van der Waals surface area contributed by atoms with Crippen LogP contribution in [-0.4, -0.2) is 20.9 Å². The minimum Gasteiger partial charge on any atom is -0.478 e. The molecule has 0 unspecified atom stereocenters. The number of benzene rings is 1. The molecule has 2 rings (SSSR count). The fraction of sp³-hybridized carbons (Fsp3) is 0.333. The summed E-state index contributed by atoms with van der Waals surface area (Å²) in [6.07, 6.45) is 1.38. The van der Waals surface area contributed by atoms with E-state index in [1.165, 1.54) is 11.8 Å². The molecule has 0 saturated heterocycles. The van der Waals surface area contributed by atoms with Gasteiger partial charge in [-0.2, -0.15) is 5.10 Å². The molecule has 0 spiro atoms. The summed E-state index contributed by atoms with van der Waals surface area (Å²) in [5.41, 5.74) is 3.14. The zero-order valence-corrected chi connectivity index (χ0v) is 11.9. The number of aromatic nitrogens is 2. The first-order chi connectivity index (χ1) is 9.50. The van der Waals surface area contributed by atoms with Crippen LogP contribution >= 0.6 is 0 Å². The summed E-state index contributed by atoms with van der Waals surface area (Å²) in [6, 6.07) is 8.06. The highest BCUT2D eigenvalue weighted by Gasteiger charge is 2.15. The van der Waals surface area contributed by atoms with Gasteiger partial charge in [-0.3, -0.25) is 4.68 Å². The summed E-state index contributed by atoms with van der Waals surface area (Å²) in [4.78, 5) is 11.1. The highest BCUT2D eigenvalue weighted by molar-refractivity contribution is 5.88. The molecule has 5 heteroatoms. The lowest BCUT2D eigenvalue weighted by Crippen LogP contribution is -2.11. The number of hydrogen-bond acceptors (Lipinski definition) is 3. The smallest absolute Gasteiger partial charge is 0.339 e. The Morgan fingerprint density at radius 1 is 1.40 bits per heavy atom. The number of rotatable bonds is 5. The van der Waals surface area contributed by atoms with Gasteiger partial charge in [0.15, 0.2) is 0 Å². The molecule has 5 nitrogen and oxygen atoms in total. The first kappa shape index (κ1) is 14.1. The Kier molecular flexibility index (Phi) is 4.08. The lowest BCUT2D eigenvalue weighted by molar-refractivity contribution is 0.0695. The lowest BCUT2D eigenvalue weighted by atomic mass is 10.0. The van der Waals surface area contributed by atoms with E-state index >= 15 is 0 Å². The minimum absolute atomic E-state index is 0.238. The standard InChI is InChI=1S/C15H19N3O2/c1-10(2)11-6-4-5-7-13(11)16-9-14-12(15(19)20)8-17-18(14)3/h4-8,10,16H,9H2,1-3H3,(H,19,20). The number of nitrogens with zero attached hydrogens (tertiary/aromatic N) is 2. The quantitative estimate of drug-likeness (QED) is 0.879. The molecule has 0 radical (unpaired) electrons. The van der Waals surface area contributed by atoms with E-state index in [0.29, 0.717) is 18.2 Å². The molecule has 0 bridgehead atoms. The zero-order chi connectivity index (χ0) is 14.7. The van der Waals surface area contributed by atoms with Crippen LogP contribution in [0, 0.1) is 0 Å². The Morgan fingerprint density at radius 3 is 2.75 bits per heavy atom. The molecule has 0 aliphatic heterocycles. The number of para-hydroxylation sites is 1. The second kappa shape index (κ2) is 5.77. The van der Waals surface area contributed by atoms with E-state index < -0.39 is 5.97 Å². The summed E-state index contributed by atoms with van der Waals surface area (Å²) in [7, 11) is 1.75. The first-order valence-corrected chi connectivity index (χ1v) is 6.57. The molecule has 106 valence electrons. The largest absolute Gasteiger partial charge is 0.478 e. The van der Waals surface area contributed by atoms with Crippen LogP contribution < -0.4 is 5.32 Å². The van der Waals surface area contributed by atoms with Crippen molar-refractivity contribution in [3.05, 3.63) is 47.3 Å². The van der Waals surface area contributed by atoms with Gasteiger partial charge in [-0.25, -0.2) is 4.79 Å². The lowest BCUT2D eigenvalue weighted by Gasteiger charge is -2.15. The molecule has 0 aliphatic rings. The third-order valence-electron chi connectivity index (χ3n) is 3.32. The molecule has 1 aromatic heterocycles. The molecule has 1 heterocycles. The Bertz CT molecular complexity index is 617. The number of carboxylic acids is 1. The van der Waals surface area contributed by atoms with Crippen LogP contribution in [0.25, 0.3) is 0 Å². The monoisotopic (exact) mass is 273 g/mol. The van der Waals surface area contributed by atoms with E-state index in [1.807, 2.05) is 18.2 Å². The predicted octanol–water partition coefficient (Wildman–Crippen LogP) is 2.85. The van der Waals surface area contributed by atoms with Gasteiger partial charge in [0.25, 0.3) is 0 Å². The molecule has 0 aliphatic carbocycles. The maximum absolute atomic E-state index is 11.1. The third kappa shape index (κ3) is 2.82. The predicted molar refractivity (Wildman–Crippen MR) is 78.0 cm³/mol. The van der Waals surface area contributed by atoms with Crippen molar-refractivity contribution >= 4 is 11.7 Å². The van der Waals surface area contributed by atoms with Gasteiger partial charge in [0, 0.05) is 12.7 Å². The van der Waals surface area contributed by atoms with Crippen LogP contribution in [0.5, 0.6) is 0 Å². The molecular formula is C15H19N3O2. The SMILES string of the molecule is CC(C)c1ccccc1NCc1c(C(=O)O)cnn1C. The number of aryl methyl sites for hydroxylation is 1. The van der Waals surface area contributed by atoms with Gasteiger partial charge in [0.2, 0.25) is 0 Å². The van der Waals surface area contributed by atoms with Crippen LogP contribution in [0.2, 0.25) is 0 Å². The summed E-state index contributed by atoms with van der Waals surface area (Å²) in [5, 5.41) is 16.5. The molecule has 0 atom stereocenters. The summed E-state index contributed by atoms with van der Waals surface area (Å²) in [6.45, 7) is 4.70. The molecule has 0 saturated carbocycles. The Labute approximate surface area is 118 Å². The number of anilines is 1. The highest BCUT2D eigenvalue weighted by atomic mass is 16.4. The van der Waals surface area contributed by atoms with E-state index in [0.717, 1.165) is 5.69 Å². The molecule has 0 amide bonds. The Balaban J connectivity index is 2.21. The van der Waals surface area contributed by atoms with E-state index in [1.54, 1.807) is 11.7 Å². The van der Waals surface area contributed by atoms with Gasteiger partial charge in [0.1, 0.15) is 5.56 Å². The van der Waals surface area contributed by atoms with Gasteiger partial charge in [-0.15, -0.1) is 0 Å². The Morgan fingerprint density at radius 2 is 2.10 bits per heavy atom. The number of nitrogens with one attached hydrogen (secondary N) is 1. The van der Waals surface area contributed by atoms with E-state index in [-0.39, 0.29) is 5.56 Å². The van der Waals surface area contributed by atoms with Crippen LogP contribution in [0.1, 0.15) is 41.4 Å². The topological polar surface area (TPSA) is 67.2 Å². The molecule has 20 heavy (non-hydrogen) atoms. The molecule has 0 fully saturated rings. The highest BCUT2D eigenvalue weighted by Crippen LogP contribution is 2.24. The molecule has 2 aromatic rings. The van der Waals surface area contributed by atoms with Crippen molar-refractivity contribution in [2.75, 3.05) is 5.32 Å². The van der Waals surface area contributed by atoms with Gasteiger partial charge in [0.05, 0.1) is 18.4 Å². The van der Waals surface area contributed by atoms with Gasteiger partial charge in [-0.05, 0) is 17.5 Å². The zero-order valence-electron chi connectivity index (χ0n) is 11.9. The second-order valence-electron chi connectivity index (χ2n) is 5.03. The molecule has 2 N–H and O–H groups in total. The van der Waals surface area contributed by atoms with E-state index in [9.17, 15) is 4.79 Å². The Hall–Kier alpha value is -2.30. The van der Waals surface area contributed by atoms with Gasteiger partial charge < -0.3 is 10.4 Å².